The number of hydrogen-bond donors (Lipinski definition) is 0. The molecule has 1 saturated carbocycles. The van der Waals surface area contributed by atoms with Crippen LogP contribution >= 0.6 is 0 Å². The maximum absolute atomic E-state index is 2.56. The van der Waals surface area contributed by atoms with Crippen molar-refractivity contribution in [2.45, 2.75) is 32.0 Å². The minimum Gasteiger partial charge on any atom is -0.0683 e. The monoisotopic (exact) mass is 290 g/mol. The third-order valence-electron chi connectivity index (χ3n) is 5.50. The molecule has 0 N–H and O–H groups in total. The zero-order chi connectivity index (χ0) is 14.6. The van der Waals surface area contributed by atoms with E-state index in [0.29, 0.717) is 0 Å². The van der Waals surface area contributed by atoms with Crippen molar-refractivity contribution in [3.8, 4) is 11.1 Å². The first-order valence-corrected chi connectivity index (χ1v) is 11.1. The summed E-state index contributed by atoms with van der Waals surface area (Å²) in [7, 11) is -1.35. The second-order valence-electron chi connectivity index (χ2n) is 7.27. The fourth-order valence-electron chi connectivity index (χ4n) is 4.59. The van der Waals surface area contributed by atoms with E-state index >= 15 is 0 Å². The Balaban J connectivity index is 1.84. The first kappa shape index (κ1) is 13.1. The van der Waals surface area contributed by atoms with Gasteiger partial charge in [0.05, 0.1) is 8.07 Å². The van der Waals surface area contributed by atoms with E-state index in [4.69, 9.17) is 0 Å². The zero-order valence-corrected chi connectivity index (χ0v) is 14.1. The van der Waals surface area contributed by atoms with Crippen molar-refractivity contribution in [2.24, 2.45) is 5.92 Å². The molecule has 2 atom stereocenters. The summed E-state index contributed by atoms with van der Waals surface area (Å²) < 4.78 is 0. The lowest BCUT2D eigenvalue weighted by Gasteiger charge is -2.50. The van der Waals surface area contributed by atoms with Crippen LogP contribution in [0, 0.1) is 5.92 Å². The minimum absolute atomic E-state index is 0.882. The molecule has 1 aliphatic carbocycles. The average molecular weight is 290 g/mol. The third kappa shape index (κ3) is 1.87. The smallest absolute Gasteiger partial charge is 0.0683 e. The summed E-state index contributed by atoms with van der Waals surface area (Å²) in [4.78, 5) is 0. The summed E-state index contributed by atoms with van der Waals surface area (Å²) in [5.41, 5.74) is 6.76. The van der Waals surface area contributed by atoms with Gasteiger partial charge in [-0.2, -0.15) is 0 Å². The Morgan fingerprint density at radius 3 is 2.43 bits per heavy atom. The molecule has 0 nitrogen and oxygen atoms in total. The molecule has 4 rings (SSSR count). The van der Waals surface area contributed by atoms with Crippen LogP contribution in [-0.4, -0.2) is 8.07 Å². The van der Waals surface area contributed by atoms with Crippen LogP contribution in [0.1, 0.15) is 18.9 Å². The Kier molecular flexibility index (Phi) is 2.77. The van der Waals surface area contributed by atoms with Gasteiger partial charge in [-0.05, 0) is 40.6 Å². The summed E-state index contributed by atoms with van der Waals surface area (Å²) in [6, 6.07) is 17.9. The van der Waals surface area contributed by atoms with Gasteiger partial charge in [0.1, 0.15) is 0 Å². The molecule has 0 aromatic heterocycles. The lowest BCUT2D eigenvalue weighted by atomic mass is 9.79. The molecule has 2 unspecified atom stereocenters. The van der Waals surface area contributed by atoms with Gasteiger partial charge in [0.15, 0.2) is 0 Å². The second kappa shape index (κ2) is 4.44. The molecule has 0 amide bonds. The van der Waals surface area contributed by atoms with Crippen molar-refractivity contribution in [3.05, 3.63) is 59.7 Å². The molecule has 0 radical (unpaired) electrons. The number of fused-ring (bicyclic) bond motifs is 2. The minimum atomic E-state index is -1.35. The van der Waals surface area contributed by atoms with Crippen LogP contribution in [-0.2, 0) is 0 Å². The van der Waals surface area contributed by atoms with Crippen molar-refractivity contribution in [2.75, 3.05) is 0 Å². The van der Waals surface area contributed by atoms with Crippen molar-refractivity contribution in [1.82, 2.24) is 0 Å². The van der Waals surface area contributed by atoms with Crippen molar-refractivity contribution >= 4 is 19.3 Å². The molecular weight excluding hydrogens is 268 g/mol. The predicted octanol–water partition coefficient (Wildman–Crippen LogP) is 5.08. The SMILES string of the molecule is CC1CC2=Cc3cc(-c4ccccc4)ccc3[Si](C)(C)C21. The van der Waals surface area contributed by atoms with E-state index in [-0.39, 0.29) is 0 Å². The van der Waals surface area contributed by atoms with Gasteiger partial charge < -0.3 is 0 Å². The molecule has 2 aromatic rings. The number of hydrogen-bond acceptors (Lipinski definition) is 0. The standard InChI is InChI=1S/C20H22Si/c1-14-11-18-13-17-12-16(15-7-5-4-6-8-15)9-10-19(17)21(2,3)20(14)18/h4-10,12-14,20H,11H2,1-3H3. The van der Waals surface area contributed by atoms with E-state index < -0.39 is 8.07 Å². The number of benzene rings is 2. The lowest BCUT2D eigenvalue weighted by Crippen LogP contribution is -2.55. The topological polar surface area (TPSA) is 0 Å². The lowest BCUT2D eigenvalue weighted by molar-refractivity contribution is 0.451. The van der Waals surface area contributed by atoms with Crippen LogP contribution < -0.4 is 5.19 Å². The average Bonchev–Trinajstić information content (AvgIpc) is 2.46. The van der Waals surface area contributed by atoms with Crippen LogP contribution in [0.3, 0.4) is 0 Å². The maximum atomic E-state index is 2.56. The van der Waals surface area contributed by atoms with Gasteiger partial charge in [-0.3, -0.25) is 0 Å². The van der Waals surface area contributed by atoms with Crippen molar-refractivity contribution in [3.63, 3.8) is 0 Å². The van der Waals surface area contributed by atoms with Crippen LogP contribution in [0.25, 0.3) is 17.2 Å². The van der Waals surface area contributed by atoms with Gasteiger partial charge in [-0.1, -0.05) is 79.3 Å². The quantitative estimate of drug-likeness (QED) is 0.643. The highest BCUT2D eigenvalue weighted by molar-refractivity contribution is 6.92. The summed E-state index contributed by atoms with van der Waals surface area (Å²) in [5.74, 6) is 0.889. The molecule has 1 heterocycles. The Hall–Kier alpha value is -1.60. The van der Waals surface area contributed by atoms with E-state index in [2.05, 4.69) is 74.6 Å². The molecule has 0 saturated heterocycles. The highest BCUT2D eigenvalue weighted by Crippen LogP contribution is 2.53. The van der Waals surface area contributed by atoms with Crippen LogP contribution in [0.4, 0.5) is 0 Å². The molecule has 2 aromatic carbocycles. The molecule has 21 heavy (non-hydrogen) atoms. The third-order valence-corrected chi connectivity index (χ3v) is 9.84. The van der Waals surface area contributed by atoms with Gasteiger partial charge >= 0.3 is 0 Å². The highest BCUT2D eigenvalue weighted by atomic mass is 28.3. The van der Waals surface area contributed by atoms with Gasteiger partial charge in [-0.15, -0.1) is 0 Å². The van der Waals surface area contributed by atoms with E-state index in [0.717, 1.165) is 11.5 Å². The number of rotatable bonds is 1. The van der Waals surface area contributed by atoms with E-state index in [1.807, 2.05) is 0 Å². The Labute approximate surface area is 128 Å². The zero-order valence-electron chi connectivity index (χ0n) is 13.1. The molecule has 106 valence electrons. The fourth-order valence-corrected chi connectivity index (χ4v) is 9.00. The van der Waals surface area contributed by atoms with Gasteiger partial charge in [-0.25, -0.2) is 0 Å². The first-order valence-electron chi connectivity index (χ1n) is 7.98. The molecule has 1 fully saturated rings. The Morgan fingerprint density at radius 1 is 0.952 bits per heavy atom. The van der Waals surface area contributed by atoms with E-state index in [1.54, 1.807) is 10.8 Å². The fraction of sp³-hybridized carbons (Fsp3) is 0.300. The van der Waals surface area contributed by atoms with Crippen LogP contribution in [0.2, 0.25) is 18.6 Å². The summed E-state index contributed by atoms with van der Waals surface area (Å²) >= 11 is 0. The van der Waals surface area contributed by atoms with Crippen molar-refractivity contribution in [1.29, 1.82) is 0 Å². The predicted molar refractivity (Wildman–Crippen MR) is 94.5 cm³/mol. The highest BCUT2D eigenvalue weighted by Gasteiger charge is 2.48. The molecule has 1 heteroatoms. The normalized spacial score (nSPS) is 25.4. The molecule has 0 bridgehead atoms. The molecule has 2 aliphatic rings. The summed E-state index contributed by atoms with van der Waals surface area (Å²) in [6.45, 7) is 7.54. The van der Waals surface area contributed by atoms with Crippen LogP contribution in [0.15, 0.2) is 54.1 Å². The largest absolute Gasteiger partial charge is 0.0887 e. The Bertz CT molecular complexity index is 725. The molecule has 0 spiro atoms. The summed E-state index contributed by atoms with van der Waals surface area (Å²) in [5, 5.41) is 1.66. The maximum Gasteiger partial charge on any atom is 0.0887 e. The van der Waals surface area contributed by atoms with Gasteiger partial charge in [0.2, 0.25) is 0 Å². The van der Waals surface area contributed by atoms with Crippen molar-refractivity contribution < 1.29 is 0 Å². The van der Waals surface area contributed by atoms with Gasteiger partial charge in [0, 0.05) is 0 Å². The van der Waals surface area contributed by atoms with Gasteiger partial charge in [0.25, 0.3) is 0 Å². The molecule has 1 aliphatic heterocycles. The number of allylic oxidation sites excluding steroid dienone is 1. The first-order chi connectivity index (χ1) is 10.1. The summed E-state index contributed by atoms with van der Waals surface area (Å²) in [6.07, 6.45) is 3.81. The van der Waals surface area contributed by atoms with Crippen LogP contribution in [0.5, 0.6) is 0 Å². The Morgan fingerprint density at radius 2 is 1.71 bits per heavy atom. The second-order valence-corrected chi connectivity index (χ2v) is 11.9. The van der Waals surface area contributed by atoms with E-state index in [9.17, 15) is 0 Å². The molecular formula is C20H22Si. The van der Waals surface area contributed by atoms with E-state index in [1.165, 1.54) is 23.1 Å².